The Labute approximate surface area is 345 Å². The number of rotatable bonds is 5. The van der Waals surface area contributed by atoms with E-state index in [2.05, 4.69) is 186 Å². The third kappa shape index (κ3) is 5.75. The molecule has 0 N–H and O–H groups in total. The van der Waals surface area contributed by atoms with E-state index >= 15 is 0 Å². The number of nitrogens with zero attached hydrogens (tertiary/aromatic N) is 5. The van der Waals surface area contributed by atoms with Gasteiger partial charge >= 0.3 is 0 Å². The van der Waals surface area contributed by atoms with E-state index in [0.29, 0.717) is 17.5 Å². The van der Waals surface area contributed by atoms with Crippen molar-refractivity contribution in [3.63, 3.8) is 0 Å². The van der Waals surface area contributed by atoms with Crippen LogP contribution in [0.3, 0.4) is 0 Å². The number of fused-ring (bicyclic) bond motifs is 6. The Kier molecular flexibility index (Phi) is 7.78. The third-order valence-electron chi connectivity index (χ3n) is 11.7. The minimum atomic E-state index is 0.571. The molecule has 12 rings (SSSR count). The zero-order valence-corrected chi connectivity index (χ0v) is 32.3. The normalized spacial score (nSPS) is 11.7. The molecule has 0 aliphatic rings. The maximum absolute atomic E-state index is 5.32. The summed E-state index contributed by atoms with van der Waals surface area (Å²) in [5.74, 6) is 1.72. The molecule has 0 spiro atoms. The average molecular weight is 764 g/mol. The Balaban J connectivity index is 1.18. The number of pyridine rings is 2. The van der Waals surface area contributed by atoms with Crippen molar-refractivity contribution in [1.82, 2.24) is 24.9 Å². The van der Waals surface area contributed by atoms with E-state index in [1.807, 2.05) is 24.5 Å². The lowest BCUT2D eigenvalue weighted by molar-refractivity contribution is 1.07. The van der Waals surface area contributed by atoms with E-state index in [0.717, 1.165) is 49.6 Å². The molecule has 0 amide bonds. The van der Waals surface area contributed by atoms with Crippen molar-refractivity contribution in [2.45, 2.75) is 0 Å². The fourth-order valence-corrected chi connectivity index (χ4v) is 8.87. The summed E-state index contributed by atoms with van der Waals surface area (Å²) in [5.41, 5.74) is 8.88. The average Bonchev–Trinajstić information content (AvgIpc) is 3.31. The number of hydrogen-bond acceptors (Lipinski definition) is 5. The molecule has 0 radical (unpaired) electrons. The first kappa shape index (κ1) is 33.9. The van der Waals surface area contributed by atoms with Gasteiger partial charge in [0.2, 0.25) is 0 Å². The van der Waals surface area contributed by atoms with Crippen molar-refractivity contribution in [2.24, 2.45) is 0 Å². The van der Waals surface area contributed by atoms with E-state index in [1.165, 1.54) is 54.2 Å². The summed E-state index contributed by atoms with van der Waals surface area (Å²) in [6, 6.07) is 66.7. The molecule has 0 aliphatic heterocycles. The molecule has 0 aliphatic carbocycles. The Morgan fingerprint density at radius 3 is 1.02 bits per heavy atom. The molecular weight excluding hydrogens is 731 g/mol. The standard InChI is InChI=1S/C55H33N5/c1-5-17-45-36(11-1)27-37-12-2-6-18-46(37)51(45)42-29-43(52-47-19-7-3-13-38(47)28-39-14-4-8-20-48(39)52)31-44(30-42)55-59-53(40-23-21-34-15-9-25-56-49(34)32-40)58-54(60-55)41-24-22-35-16-10-26-57-50(35)33-41/h1-33H. The van der Waals surface area contributed by atoms with E-state index in [1.54, 1.807) is 0 Å². The van der Waals surface area contributed by atoms with Crippen molar-refractivity contribution >= 4 is 64.9 Å². The van der Waals surface area contributed by atoms with Gasteiger partial charge in [-0.25, -0.2) is 15.0 Å². The van der Waals surface area contributed by atoms with Gasteiger partial charge in [-0.15, -0.1) is 0 Å². The van der Waals surface area contributed by atoms with Crippen LogP contribution < -0.4 is 0 Å². The second-order valence-corrected chi connectivity index (χ2v) is 15.3. The van der Waals surface area contributed by atoms with E-state index in [4.69, 9.17) is 15.0 Å². The molecule has 3 aromatic heterocycles. The molecule has 12 aromatic rings. The molecule has 0 fully saturated rings. The summed E-state index contributed by atoms with van der Waals surface area (Å²) in [7, 11) is 0. The molecule has 60 heavy (non-hydrogen) atoms. The molecular formula is C55H33N5. The van der Waals surface area contributed by atoms with Crippen LogP contribution in [0.1, 0.15) is 0 Å². The highest BCUT2D eigenvalue weighted by Gasteiger charge is 2.19. The van der Waals surface area contributed by atoms with Crippen molar-refractivity contribution in [3.8, 4) is 56.4 Å². The first-order valence-electron chi connectivity index (χ1n) is 20.1. The first-order valence-corrected chi connectivity index (χ1v) is 20.1. The van der Waals surface area contributed by atoms with Crippen LogP contribution in [0.5, 0.6) is 0 Å². The van der Waals surface area contributed by atoms with Crippen molar-refractivity contribution < 1.29 is 0 Å². The maximum atomic E-state index is 5.32. The number of hydrogen-bond donors (Lipinski definition) is 0. The van der Waals surface area contributed by atoms with Crippen LogP contribution in [0.25, 0.3) is 121 Å². The maximum Gasteiger partial charge on any atom is 0.164 e. The zero-order chi connectivity index (χ0) is 39.6. The molecule has 278 valence electrons. The van der Waals surface area contributed by atoms with Crippen LogP contribution in [-0.4, -0.2) is 24.9 Å². The van der Waals surface area contributed by atoms with Crippen LogP contribution >= 0.6 is 0 Å². The van der Waals surface area contributed by atoms with Gasteiger partial charge in [-0.3, -0.25) is 9.97 Å². The van der Waals surface area contributed by atoms with Gasteiger partial charge in [0.15, 0.2) is 17.5 Å². The smallest absolute Gasteiger partial charge is 0.164 e. The lowest BCUT2D eigenvalue weighted by Gasteiger charge is -2.18. The predicted octanol–water partition coefficient (Wildman–Crippen LogP) is 13.9. The SMILES string of the molecule is c1cnc2cc(-c3nc(-c4cc(-c5c6ccccc6cc6ccccc56)cc(-c5c6ccccc6cc6ccccc56)c4)nc(-c4ccc5cccnc5c4)n3)ccc2c1. The van der Waals surface area contributed by atoms with Gasteiger partial charge in [0.25, 0.3) is 0 Å². The van der Waals surface area contributed by atoms with Gasteiger partial charge in [0.1, 0.15) is 0 Å². The molecule has 0 saturated carbocycles. The Morgan fingerprint density at radius 1 is 0.250 bits per heavy atom. The molecule has 9 aromatic carbocycles. The topological polar surface area (TPSA) is 64.5 Å². The monoisotopic (exact) mass is 763 g/mol. The van der Waals surface area contributed by atoms with Crippen LogP contribution in [-0.2, 0) is 0 Å². The van der Waals surface area contributed by atoms with Crippen LogP contribution in [0, 0.1) is 0 Å². The van der Waals surface area contributed by atoms with Crippen molar-refractivity contribution in [1.29, 1.82) is 0 Å². The largest absolute Gasteiger partial charge is 0.256 e. The van der Waals surface area contributed by atoms with Gasteiger partial charge < -0.3 is 0 Å². The van der Waals surface area contributed by atoms with Gasteiger partial charge in [0.05, 0.1) is 11.0 Å². The minimum absolute atomic E-state index is 0.571. The molecule has 0 saturated heterocycles. The van der Waals surface area contributed by atoms with Crippen LogP contribution in [0.4, 0.5) is 0 Å². The highest BCUT2D eigenvalue weighted by atomic mass is 15.0. The number of benzene rings is 9. The minimum Gasteiger partial charge on any atom is -0.256 e. The van der Waals surface area contributed by atoms with Gasteiger partial charge in [-0.1, -0.05) is 133 Å². The summed E-state index contributed by atoms with van der Waals surface area (Å²) >= 11 is 0. The highest BCUT2D eigenvalue weighted by Crippen LogP contribution is 2.43. The van der Waals surface area contributed by atoms with Gasteiger partial charge in [0, 0.05) is 39.9 Å². The van der Waals surface area contributed by atoms with Gasteiger partial charge in [-0.05, 0) is 120 Å². The second kappa shape index (κ2) is 13.8. The van der Waals surface area contributed by atoms with E-state index in [9.17, 15) is 0 Å². The zero-order valence-electron chi connectivity index (χ0n) is 32.3. The summed E-state index contributed by atoms with van der Waals surface area (Å²) in [4.78, 5) is 25.1. The predicted molar refractivity (Wildman–Crippen MR) is 248 cm³/mol. The summed E-state index contributed by atoms with van der Waals surface area (Å²) in [6.45, 7) is 0. The molecule has 0 atom stereocenters. The van der Waals surface area contributed by atoms with Crippen molar-refractivity contribution in [3.05, 3.63) is 200 Å². The second-order valence-electron chi connectivity index (χ2n) is 15.3. The van der Waals surface area contributed by atoms with Crippen LogP contribution in [0.15, 0.2) is 200 Å². The van der Waals surface area contributed by atoms with Gasteiger partial charge in [-0.2, -0.15) is 0 Å². The lowest BCUT2D eigenvalue weighted by Crippen LogP contribution is -2.01. The third-order valence-corrected chi connectivity index (χ3v) is 11.7. The lowest BCUT2D eigenvalue weighted by atomic mass is 9.87. The Hall–Kier alpha value is -8.15. The summed E-state index contributed by atoms with van der Waals surface area (Å²) in [5, 5.41) is 11.6. The molecule has 3 heterocycles. The molecule has 0 unspecified atom stereocenters. The fourth-order valence-electron chi connectivity index (χ4n) is 8.87. The molecule has 5 heteroatoms. The molecule has 0 bridgehead atoms. The summed E-state index contributed by atoms with van der Waals surface area (Å²) in [6.07, 6.45) is 3.64. The quantitative estimate of drug-likeness (QED) is 0.163. The van der Waals surface area contributed by atoms with Crippen molar-refractivity contribution in [2.75, 3.05) is 0 Å². The Morgan fingerprint density at radius 2 is 0.600 bits per heavy atom. The van der Waals surface area contributed by atoms with E-state index < -0.39 is 0 Å². The van der Waals surface area contributed by atoms with E-state index in [-0.39, 0.29) is 0 Å². The first-order chi connectivity index (χ1) is 29.7. The fraction of sp³-hybridized carbons (Fsp3) is 0. The number of aromatic nitrogens is 5. The Bertz CT molecular complexity index is 3340. The highest BCUT2D eigenvalue weighted by molar-refractivity contribution is 6.16. The van der Waals surface area contributed by atoms with Crippen LogP contribution in [0.2, 0.25) is 0 Å². The molecule has 5 nitrogen and oxygen atoms in total. The summed E-state index contributed by atoms with van der Waals surface area (Å²) < 4.78 is 0.